The SMILES string of the molecule is CCOC(=O)C1=NN(c2cc(C)ccc2OC)[C@@](C)(C(=O)O)C1. The number of carbonyl (C=O) groups is 2. The lowest BCUT2D eigenvalue weighted by molar-refractivity contribution is -0.142. The quantitative estimate of drug-likeness (QED) is 0.835. The first-order valence-electron chi connectivity index (χ1n) is 7.26. The van der Waals surface area contributed by atoms with E-state index in [0.717, 1.165) is 5.56 Å². The fourth-order valence-electron chi connectivity index (χ4n) is 2.45. The molecule has 1 heterocycles. The first kappa shape index (κ1) is 16.8. The number of ether oxygens (including phenoxy) is 2. The van der Waals surface area contributed by atoms with E-state index in [2.05, 4.69) is 5.10 Å². The lowest BCUT2D eigenvalue weighted by Crippen LogP contribution is -2.47. The Bertz CT molecular complexity index is 670. The summed E-state index contributed by atoms with van der Waals surface area (Å²) < 4.78 is 10.3. The molecule has 7 nitrogen and oxygen atoms in total. The maximum absolute atomic E-state index is 12.0. The molecule has 0 saturated carbocycles. The van der Waals surface area contributed by atoms with E-state index >= 15 is 0 Å². The molecule has 1 aliphatic heterocycles. The van der Waals surface area contributed by atoms with Gasteiger partial charge >= 0.3 is 11.9 Å². The summed E-state index contributed by atoms with van der Waals surface area (Å²) >= 11 is 0. The highest BCUT2D eigenvalue weighted by Gasteiger charge is 2.48. The van der Waals surface area contributed by atoms with Gasteiger partial charge in [0, 0.05) is 6.42 Å². The average Bonchev–Trinajstić information content (AvgIpc) is 2.87. The number of carboxylic acids is 1. The second kappa shape index (κ2) is 6.28. The molecule has 0 aromatic heterocycles. The van der Waals surface area contributed by atoms with Crippen molar-refractivity contribution >= 4 is 23.3 Å². The van der Waals surface area contributed by atoms with Crippen LogP contribution in [-0.4, -0.2) is 42.0 Å². The van der Waals surface area contributed by atoms with Gasteiger partial charge in [0.15, 0.2) is 5.54 Å². The number of carbonyl (C=O) groups excluding carboxylic acids is 1. The summed E-state index contributed by atoms with van der Waals surface area (Å²) in [5.41, 5.74) is 0.119. The van der Waals surface area contributed by atoms with Gasteiger partial charge in [-0.15, -0.1) is 0 Å². The summed E-state index contributed by atoms with van der Waals surface area (Å²) in [7, 11) is 1.50. The topological polar surface area (TPSA) is 88.4 Å². The van der Waals surface area contributed by atoms with E-state index in [0.29, 0.717) is 11.4 Å². The maximum atomic E-state index is 12.0. The van der Waals surface area contributed by atoms with Gasteiger partial charge in [-0.3, -0.25) is 0 Å². The Balaban J connectivity index is 2.53. The number of carboxylic acid groups (broad SMARTS) is 1. The van der Waals surface area contributed by atoms with Crippen LogP contribution in [0.5, 0.6) is 5.75 Å². The molecule has 0 saturated heterocycles. The van der Waals surface area contributed by atoms with Gasteiger partial charge in [0.05, 0.1) is 13.7 Å². The second-order valence-electron chi connectivity index (χ2n) is 5.51. The van der Waals surface area contributed by atoms with Crippen LogP contribution in [0, 0.1) is 6.92 Å². The Morgan fingerprint density at radius 2 is 2.13 bits per heavy atom. The first-order valence-corrected chi connectivity index (χ1v) is 7.26. The minimum absolute atomic E-state index is 0.0434. The fourth-order valence-corrected chi connectivity index (χ4v) is 2.45. The van der Waals surface area contributed by atoms with Gasteiger partial charge in [0.1, 0.15) is 17.1 Å². The molecule has 0 bridgehead atoms. The summed E-state index contributed by atoms with van der Waals surface area (Å²) in [4.78, 5) is 23.8. The zero-order valence-corrected chi connectivity index (χ0v) is 13.6. The number of methoxy groups -OCH3 is 1. The van der Waals surface area contributed by atoms with Crippen molar-refractivity contribution in [1.82, 2.24) is 0 Å². The number of benzene rings is 1. The molecule has 0 spiro atoms. The van der Waals surface area contributed by atoms with Crippen molar-refractivity contribution in [2.24, 2.45) is 5.10 Å². The maximum Gasteiger partial charge on any atom is 0.354 e. The Morgan fingerprint density at radius 3 is 2.70 bits per heavy atom. The highest BCUT2D eigenvalue weighted by molar-refractivity contribution is 6.38. The molecule has 124 valence electrons. The molecule has 1 aliphatic rings. The van der Waals surface area contributed by atoms with Gasteiger partial charge in [-0.1, -0.05) is 6.07 Å². The Labute approximate surface area is 134 Å². The van der Waals surface area contributed by atoms with Crippen molar-refractivity contribution in [3.63, 3.8) is 0 Å². The molecule has 1 N–H and O–H groups in total. The summed E-state index contributed by atoms with van der Waals surface area (Å²) in [5, 5.41) is 15.2. The zero-order chi connectivity index (χ0) is 17.2. The van der Waals surface area contributed by atoms with Gasteiger partial charge in [0.2, 0.25) is 0 Å². The van der Waals surface area contributed by atoms with Gasteiger partial charge < -0.3 is 14.6 Å². The number of aryl methyl sites for hydroxylation is 1. The van der Waals surface area contributed by atoms with E-state index in [-0.39, 0.29) is 18.7 Å². The van der Waals surface area contributed by atoms with Crippen LogP contribution in [-0.2, 0) is 14.3 Å². The average molecular weight is 320 g/mol. The number of anilines is 1. The van der Waals surface area contributed by atoms with Crippen LogP contribution in [0.3, 0.4) is 0 Å². The minimum atomic E-state index is -1.39. The van der Waals surface area contributed by atoms with Gasteiger partial charge in [-0.25, -0.2) is 14.6 Å². The van der Waals surface area contributed by atoms with Gasteiger partial charge in [-0.05, 0) is 38.5 Å². The van der Waals surface area contributed by atoms with Crippen molar-refractivity contribution in [1.29, 1.82) is 0 Å². The summed E-state index contributed by atoms with van der Waals surface area (Å²) in [6.45, 7) is 5.29. The second-order valence-corrected chi connectivity index (χ2v) is 5.51. The molecule has 2 rings (SSSR count). The van der Waals surface area contributed by atoms with E-state index < -0.39 is 17.5 Å². The molecule has 0 amide bonds. The minimum Gasteiger partial charge on any atom is -0.495 e. The van der Waals surface area contributed by atoms with Crippen LogP contribution >= 0.6 is 0 Å². The number of hydrogen-bond acceptors (Lipinski definition) is 6. The van der Waals surface area contributed by atoms with Crippen molar-refractivity contribution in [3.8, 4) is 5.75 Å². The Kier molecular flexibility index (Phi) is 4.58. The molecule has 0 unspecified atom stereocenters. The fraction of sp³-hybridized carbons (Fsp3) is 0.438. The van der Waals surface area contributed by atoms with Crippen LogP contribution < -0.4 is 9.75 Å². The van der Waals surface area contributed by atoms with E-state index in [4.69, 9.17) is 9.47 Å². The standard InChI is InChI=1S/C16H20N2O5/c1-5-23-14(19)11-9-16(3,15(20)21)18(17-11)12-8-10(2)6-7-13(12)22-4/h6-8H,5,9H2,1-4H3,(H,20,21)/t16-/m1/s1. The third-order valence-corrected chi connectivity index (χ3v) is 3.73. The monoisotopic (exact) mass is 320 g/mol. The molecule has 1 aromatic rings. The molecule has 1 atom stereocenters. The Hall–Kier alpha value is -2.57. The number of hydrogen-bond donors (Lipinski definition) is 1. The molecule has 1 aromatic carbocycles. The number of aliphatic carboxylic acids is 1. The number of nitrogens with zero attached hydrogens (tertiary/aromatic N) is 2. The summed E-state index contributed by atoms with van der Waals surface area (Å²) in [6, 6.07) is 5.37. The molecule has 0 fully saturated rings. The molecule has 0 aliphatic carbocycles. The lowest BCUT2D eigenvalue weighted by atomic mass is 9.95. The predicted octanol–water partition coefficient (Wildman–Crippen LogP) is 1.98. The Morgan fingerprint density at radius 1 is 1.43 bits per heavy atom. The summed E-state index contributed by atoms with van der Waals surface area (Å²) in [6.07, 6.45) is -0.0434. The van der Waals surface area contributed by atoms with Crippen molar-refractivity contribution in [2.45, 2.75) is 32.7 Å². The van der Waals surface area contributed by atoms with Crippen molar-refractivity contribution < 1.29 is 24.2 Å². The normalized spacial score (nSPS) is 20.2. The molecule has 0 radical (unpaired) electrons. The molecule has 7 heteroatoms. The van der Waals surface area contributed by atoms with E-state index in [1.54, 1.807) is 19.1 Å². The number of hydrazone groups is 1. The molecular formula is C16H20N2O5. The number of rotatable bonds is 5. The van der Waals surface area contributed by atoms with Crippen LogP contribution in [0.1, 0.15) is 25.8 Å². The van der Waals surface area contributed by atoms with E-state index in [9.17, 15) is 14.7 Å². The van der Waals surface area contributed by atoms with Crippen LogP contribution in [0.2, 0.25) is 0 Å². The van der Waals surface area contributed by atoms with Crippen LogP contribution in [0.25, 0.3) is 0 Å². The third-order valence-electron chi connectivity index (χ3n) is 3.73. The zero-order valence-electron chi connectivity index (χ0n) is 13.6. The van der Waals surface area contributed by atoms with Gasteiger partial charge in [0.25, 0.3) is 0 Å². The van der Waals surface area contributed by atoms with Crippen molar-refractivity contribution in [2.75, 3.05) is 18.7 Å². The van der Waals surface area contributed by atoms with Crippen LogP contribution in [0.15, 0.2) is 23.3 Å². The first-order chi connectivity index (χ1) is 10.8. The molecular weight excluding hydrogens is 300 g/mol. The highest BCUT2D eigenvalue weighted by Crippen LogP contribution is 2.39. The lowest BCUT2D eigenvalue weighted by Gasteiger charge is -2.31. The van der Waals surface area contributed by atoms with Crippen molar-refractivity contribution in [3.05, 3.63) is 23.8 Å². The third kappa shape index (κ3) is 2.99. The smallest absolute Gasteiger partial charge is 0.354 e. The molecule has 23 heavy (non-hydrogen) atoms. The van der Waals surface area contributed by atoms with Crippen LogP contribution in [0.4, 0.5) is 5.69 Å². The van der Waals surface area contributed by atoms with E-state index in [1.165, 1.54) is 19.0 Å². The van der Waals surface area contributed by atoms with Gasteiger partial charge in [-0.2, -0.15) is 5.10 Å². The highest BCUT2D eigenvalue weighted by atomic mass is 16.5. The largest absolute Gasteiger partial charge is 0.495 e. The predicted molar refractivity (Wildman–Crippen MR) is 84.9 cm³/mol. The van der Waals surface area contributed by atoms with E-state index in [1.807, 2.05) is 13.0 Å². The summed E-state index contributed by atoms with van der Waals surface area (Å²) in [5.74, 6) is -1.20. The number of esters is 1.